The van der Waals surface area contributed by atoms with Gasteiger partial charge in [-0.2, -0.15) is 0 Å². The first-order valence-electron chi connectivity index (χ1n) is 8.06. The fourth-order valence-electron chi connectivity index (χ4n) is 3.06. The first-order chi connectivity index (χ1) is 10.7. The molecule has 5 N–H and O–H groups in total. The standard InChI is InChI=1S/C16H28O7/c1-16(2,21)10-5-3-9(4-6-10)8-22-15-14(20)13(19)12(18)11(7-17)23-15/h3,10-15,17-21H,4-8H2,1-2H3/t10?,11-,12-,13+,14-,15-/m1/s1. The molecule has 6 atom stereocenters. The van der Waals surface area contributed by atoms with Crippen molar-refractivity contribution in [3.05, 3.63) is 11.6 Å². The predicted octanol–water partition coefficient (Wildman–Crippen LogP) is -0.700. The van der Waals surface area contributed by atoms with E-state index in [-0.39, 0.29) is 12.5 Å². The Bertz CT molecular complexity index is 415. The van der Waals surface area contributed by atoms with Crippen LogP contribution in [0.2, 0.25) is 0 Å². The molecule has 0 aromatic rings. The van der Waals surface area contributed by atoms with Gasteiger partial charge in [0.15, 0.2) is 6.29 Å². The molecule has 2 aliphatic rings. The van der Waals surface area contributed by atoms with Crippen LogP contribution in [0.5, 0.6) is 0 Å². The number of aliphatic hydroxyl groups excluding tert-OH is 4. The zero-order valence-electron chi connectivity index (χ0n) is 13.6. The summed E-state index contributed by atoms with van der Waals surface area (Å²) in [5.74, 6) is 0.207. The van der Waals surface area contributed by atoms with Crippen LogP contribution in [-0.2, 0) is 9.47 Å². The van der Waals surface area contributed by atoms with Gasteiger partial charge in [-0.15, -0.1) is 0 Å². The number of aliphatic hydroxyl groups is 5. The van der Waals surface area contributed by atoms with E-state index in [1.54, 1.807) is 13.8 Å². The van der Waals surface area contributed by atoms with Crippen LogP contribution in [0.1, 0.15) is 33.1 Å². The summed E-state index contributed by atoms with van der Waals surface area (Å²) in [6.07, 6.45) is -1.81. The normalized spacial score (nSPS) is 39.2. The molecular weight excluding hydrogens is 304 g/mol. The lowest BCUT2D eigenvalue weighted by Gasteiger charge is -2.40. The van der Waals surface area contributed by atoms with Crippen LogP contribution in [0.15, 0.2) is 11.6 Å². The summed E-state index contributed by atoms with van der Waals surface area (Å²) in [6.45, 7) is 3.38. The second-order valence-electron chi connectivity index (χ2n) is 7.00. The van der Waals surface area contributed by atoms with Gasteiger partial charge in [0.1, 0.15) is 24.4 Å². The highest BCUT2D eigenvalue weighted by molar-refractivity contribution is 5.08. The third-order valence-electron chi connectivity index (χ3n) is 4.79. The van der Waals surface area contributed by atoms with Gasteiger partial charge in [-0.05, 0) is 44.6 Å². The van der Waals surface area contributed by atoms with E-state index in [1.807, 2.05) is 6.08 Å². The molecule has 1 unspecified atom stereocenters. The third-order valence-corrected chi connectivity index (χ3v) is 4.79. The summed E-state index contributed by atoms with van der Waals surface area (Å²) in [4.78, 5) is 0. The van der Waals surface area contributed by atoms with Crippen LogP contribution in [0.4, 0.5) is 0 Å². The number of ether oxygens (including phenoxy) is 2. The molecular formula is C16H28O7. The van der Waals surface area contributed by atoms with Crippen LogP contribution in [0.25, 0.3) is 0 Å². The third kappa shape index (κ3) is 4.51. The van der Waals surface area contributed by atoms with Gasteiger partial charge in [0, 0.05) is 0 Å². The van der Waals surface area contributed by atoms with Crippen molar-refractivity contribution >= 4 is 0 Å². The summed E-state index contributed by atoms with van der Waals surface area (Å²) in [6, 6.07) is 0. The molecule has 0 aromatic heterocycles. The Hall–Kier alpha value is -0.540. The lowest BCUT2D eigenvalue weighted by atomic mass is 9.80. The minimum atomic E-state index is -1.43. The molecule has 7 heteroatoms. The first kappa shape index (κ1) is 18.8. The van der Waals surface area contributed by atoms with Gasteiger partial charge in [0.05, 0.1) is 18.8 Å². The van der Waals surface area contributed by atoms with Crippen molar-refractivity contribution in [2.45, 2.75) is 69.4 Å². The van der Waals surface area contributed by atoms with E-state index in [9.17, 15) is 20.4 Å². The molecule has 1 aliphatic heterocycles. The summed E-state index contributed by atoms with van der Waals surface area (Å²) < 4.78 is 10.8. The fourth-order valence-corrected chi connectivity index (χ4v) is 3.06. The average molecular weight is 332 g/mol. The quantitative estimate of drug-likeness (QED) is 0.422. The summed E-state index contributed by atoms with van der Waals surface area (Å²) in [5.41, 5.74) is 0.336. The van der Waals surface area contributed by atoms with E-state index < -0.39 is 42.9 Å². The van der Waals surface area contributed by atoms with Gasteiger partial charge in [-0.25, -0.2) is 0 Å². The highest BCUT2D eigenvalue weighted by Crippen LogP contribution is 2.32. The van der Waals surface area contributed by atoms with E-state index in [4.69, 9.17) is 14.6 Å². The zero-order chi connectivity index (χ0) is 17.2. The molecule has 2 rings (SSSR count). The van der Waals surface area contributed by atoms with Crippen LogP contribution in [0, 0.1) is 5.92 Å². The van der Waals surface area contributed by atoms with Crippen LogP contribution in [-0.4, -0.2) is 75.1 Å². The molecule has 1 fully saturated rings. The molecule has 0 radical (unpaired) electrons. The van der Waals surface area contributed by atoms with Crippen molar-refractivity contribution < 1.29 is 35.0 Å². The monoisotopic (exact) mass is 332 g/mol. The van der Waals surface area contributed by atoms with E-state index in [2.05, 4.69) is 0 Å². The Morgan fingerprint density at radius 1 is 1.22 bits per heavy atom. The predicted molar refractivity (Wildman–Crippen MR) is 81.4 cm³/mol. The molecule has 23 heavy (non-hydrogen) atoms. The Balaban J connectivity index is 1.87. The van der Waals surface area contributed by atoms with Gasteiger partial charge >= 0.3 is 0 Å². The minimum absolute atomic E-state index is 0.207. The summed E-state index contributed by atoms with van der Waals surface area (Å²) in [7, 11) is 0. The Morgan fingerprint density at radius 3 is 2.43 bits per heavy atom. The maximum atomic E-state index is 10.0. The van der Waals surface area contributed by atoms with Gasteiger partial charge in [-0.1, -0.05) is 6.08 Å². The maximum absolute atomic E-state index is 10.0. The van der Waals surface area contributed by atoms with Crippen molar-refractivity contribution in [3.63, 3.8) is 0 Å². The van der Waals surface area contributed by atoms with Gasteiger partial charge in [0.2, 0.25) is 0 Å². The topological polar surface area (TPSA) is 120 Å². The minimum Gasteiger partial charge on any atom is -0.394 e. The smallest absolute Gasteiger partial charge is 0.187 e. The molecule has 1 saturated heterocycles. The Morgan fingerprint density at radius 2 is 1.91 bits per heavy atom. The SMILES string of the molecule is CC(C)(O)C1CC=C(CO[C@@H]2O[C@H](CO)[C@@H](O)[C@H](O)[C@H]2O)CC1. The van der Waals surface area contributed by atoms with Crippen molar-refractivity contribution in [2.24, 2.45) is 5.92 Å². The average Bonchev–Trinajstić information content (AvgIpc) is 2.51. The van der Waals surface area contributed by atoms with E-state index >= 15 is 0 Å². The molecule has 0 amide bonds. The lowest BCUT2D eigenvalue weighted by Crippen LogP contribution is -2.59. The molecule has 0 bridgehead atoms. The van der Waals surface area contributed by atoms with E-state index in [0.717, 1.165) is 24.8 Å². The molecule has 1 heterocycles. The fraction of sp³-hybridized carbons (Fsp3) is 0.875. The summed E-state index contributed by atoms with van der Waals surface area (Å²) in [5, 5.41) is 48.5. The van der Waals surface area contributed by atoms with Crippen LogP contribution >= 0.6 is 0 Å². The van der Waals surface area contributed by atoms with Gasteiger partial charge in [0.25, 0.3) is 0 Å². The molecule has 0 spiro atoms. The highest BCUT2D eigenvalue weighted by atomic mass is 16.7. The largest absolute Gasteiger partial charge is 0.394 e. The van der Waals surface area contributed by atoms with Gasteiger partial charge in [-0.3, -0.25) is 0 Å². The molecule has 0 saturated carbocycles. The number of hydrogen-bond donors (Lipinski definition) is 5. The second-order valence-corrected chi connectivity index (χ2v) is 7.00. The molecule has 1 aliphatic carbocycles. The van der Waals surface area contributed by atoms with Crippen LogP contribution < -0.4 is 0 Å². The highest BCUT2D eigenvalue weighted by Gasteiger charge is 2.44. The summed E-state index contributed by atoms with van der Waals surface area (Å²) >= 11 is 0. The van der Waals surface area contributed by atoms with Crippen molar-refractivity contribution in [1.82, 2.24) is 0 Å². The Kier molecular flexibility index (Phi) is 6.18. The number of rotatable bonds is 5. The van der Waals surface area contributed by atoms with E-state index in [1.165, 1.54) is 0 Å². The molecule has 134 valence electrons. The Labute approximate surface area is 136 Å². The van der Waals surface area contributed by atoms with E-state index in [0.29, 0.717) is 0 Å². The van der Waals surface area contributed by atoms with Crippen molar-refractivity contribution in [1.29, 1.82) is 0 Å². The lowest BCUT2D eigenvalue weighted by molar-refractivity contribution is -0.299. The number of hydrogen-bond acceptors (Lipinski definition) is 7. The first-order valence-corrected chi connectivity index (χ1v) is 8.06. The second kappa shape index (κ2) is 7.57. The number of allylic oxidation sites excluding steroid dienone is 1. The molecule has 7 nitrogen and oxygen atoms in total. The van der Waals surface area contributed by atoms with Crippen LogP contribution in [0.3, 0.4) is 0 Å². The molecule has 0 aromatic carbocycles. The zero-order valence-corrected chi connectivity index (χ0v) is 13.6. The van der Waals surface area contributed by atoms with Crippen molar-refractivity contribution in [2.75, 3.05) is 13.2 Å². The van der Waals surface area contributed by atoms with Crippen molar-refractivity contribution in [3.8, 4) is 0 Å². The maximum Gasteiger partial charge on any atom is 0.187 e. The van der Waals surface area contributed by atoms with Gasteiger partial charge < -0.3 is 35.0 Å².